The van der Waals surface area contributed by atoms with Gasteiger partial charge in [0.2, 0.25) is 5.91 Å². The third-order valence-electron chi connectivity index (χ3n) is 4.16. The number of benzene rings is 1. The van der Waals surface area contributed by atoms with E-state index in [-0.39, 0.29) is 23.8 Å². The molecular weight excluding hydrogens is 254 g/mol. The molecule has 0 spiro atoms. The molecule has 2 atom stereocenters. The van der Waals surface area contributed by atoms with E-state index in [0.717, 1.165) is 5.69 Å². The molecule has 2 heterocycles. The van der Waals surface area contributed by atoms with Gasteiger partial charge in [-0.25, -0.2) is 4.79 Å². The molecule has 1 aromatic rings. The Hall–Kier alpha value is -2.04. The maximum atomic E-state index is 12.5. The smallest absolute Gasteiger partial charge is 0.319 e. The zero-order chi connectivity index (χ0) is 14.3. The van der Waals surface area contributed by atoms with Crippen molar-refractivity contribution in [1.29, 1.82) is 0 Å². The van der Waals surface area contributed by atoms with Crippen molar-refractivity contribution >= 4 is 17.6 Å². The molecular formula is C15H19N3O2. The number of anilines is 1. The molecule has 0 saturated carbocycles. The predicted molar refractivity (Wildman–Crippen MR) is 76.4 cm³/mol. The van der Waals surface area contributed by atoms with Gasteiger partial charge in [-0.05, 0) is 12.1 Å². The van der Waals surface area contributed by atoms with Crippen molar-refractivity contribution in [2.24, 2.45) is 11.8 Å². The lowest BCUT2D eigenvalue weighted by molar-refractivity contribution is -0.120. The van der Waals surface area contributed by atoms with Gasteiger partial charge in [-0.1, -0.05) is 18.2 Å². The standard InChI is InChI=1S/C15H19N3O2/c1-16(2)15(20)17-8-11-9-18(14(19)13(11)10-17)12-6-4-3-5-7-12/h3-7,11,13H,8-10H2,1-2H3/t11-,13-/m1/s1. The second kappa shape index (κ2) is 4.81. The molecule has 0 bridgehead atoms. The Labute approximate surface area is 118 Å². The van der Waals surface area contributed by atoms with Gasteiger partial charge in [-0.3, -0.25) is 4.79 Å². The summed E-state index contributed by atoms with van der Waals surface area (Å²) in [6, 6.07) is 9.75. The van der Waals surface area contributed by atoms with Gasteiger partial charge in [0.1, 0.15) is 0 Å². The lowest BCUT2D eigenvalue weighted by atomic mass is 10.0. The summed E-state index contributed by atoms with van der Waals surface area (Å²) in [5.74, 6) is 0.362. The largest absolute Gasteiger partial charge is 0.331 e. The number of nitrogens with zero attached hydrogens (tertiary/aromatic N) is 3. The van der Waals surface area contributed by atoms with Gasteiger partial charge >= 0.3 is 6.03 Å². The Balaban J connectivity index is 1.73. The number of rotatable bonds is 1. The third kappa shape index (κ3) is 2.03. The SMILES string of the molecule is CN(C)C(=O)N1C[C@@H]2CN(c3ccccc3)C(=O)[C@@H]2C1. The van der Waals surface area contributed by atoms with E-state index in [4.69, 9.17) is 0 Å². The fourth-order valence-electron chi connectivity index (χ4n) is 3.14. The highest BCUT2D eigenvalue weighted by Gasteiger charge is 2.47. The molecule has 106 valence electrons. The first-order chi connectivity index (χ1) is 9.58. The zero-order valence-corrected chi connectivity index (χ0v) is 11.8. The number of carbonyl (C=O) groups excluding carboxylic acids is 2. The molecule has 0 radical (unpaired) electrons. The molecule has 2 saturated heterocycles. The maximum absolute atomic E-state index is 12.5. The summed E-state index contributed by atoms with van der Waals surface area (Å²) in [7, 11) is 3.49. The van der Waals surface area contributed by atoms with Gasteiger partial charge in [0.05, 0.1) is 5.92 Å². The Morgan fingerprint density at radius 3 is 2.45 bits per heavy atom. The molecule has 0 unspecified atom stereocenters. The molecule has 20 heavy (non-hydrogen) atoms. The van der Waals surface area contributed by atoms with Gasteiger partial charge < -0.3 is 14.7 Å². The summed E-state index contributed by atoms with van der Waals surface area (Å²) < 4.78 is 0. The van der Waals surface area contributed by atoms with Crippen molar-refractivity contribution in [1.82, 2.24) is 9.80 Å². The number of hydrogen-bond donors (Lipinski definition) is 0. The van der Waals surface area contributed by atoms with Crippen LogP contribution in [0.3, 0.4) is 0 Å². The van der Waals surface area contributed by atoms with Crippen molar-refractivity contribution in [2.75, 3.05) is 38.6 Å². The number of carbonyl (C=O) groups is 2. The summed E-state index contributed by atoms with van der Waals surface area (Å²) in [6.07, 6.45) is 0. The Bertz CT molecular complexity index is 529. The molecule has 0 aromatic heterocycles. The van der Waals surface area contributed by atoms with Crippen LogP contribution in [-0.4, -0.2) is 55.5 Å². The minimum absolute atomic E-state index is 0.00142. The fraction of sp³-hybridized carbons (Fsp3) is 0.467. The molecule has 2 aliphatic rings. The van der Waals surface area contributed by atoms with Crippen molar-refractivity contribution in [2.45, 2.75) is 0 Å². The normalized spacial score (nSPS) is 25.0. The highest BCUT2D eigenvalue weighted by Crippen LogP contribution is 2.35. The predicted octanol–water partition coefficient (Wildman–Crippen LogP) is 1.26. The molecule has 0 aliphatic carbocycles. The average Bonchev–Trinajstić information content (AvgIpc) is 2.99. The fourth-order valence-corrected chi connectivity index (χ4v) is 3.14. The second-order valence-corrected chi connectivity index (χ2v) is 5.73. The highest BCUT2D eigenvalue weighted by molar-refractivity contribution is 5.98. The lowest BCUT2D eigenvalue weighted by Gasteiger charge is -2.24. The van der Waals surface area contributed by atoms with Crippen molar-refractivity contribution in [3.05, 3.63) is 30.3 Å². The summed E-state index contributed by atoms with van der Waals surface area (Å²) in [5.41, 5.74) is 0.956. The van der Waals surface area contributed by atoms with Crippen molar-refractivity contribution < 1.29 is 9.59 Å². The monoisotopic (exact) mass is 273 g/mol. The van der Waals surface area contributed by atoms with Crippen LogP contribution < -0.4 is 4.90 Å². The molecule has 0 N–H and O–H groups in total. The van der Waals surface area contributed by atoms with Crippen molar-refractivity contribution in [3.63, 3.8) is 0 Å². The summed E-state index contributed by atoms with van der Waals surface area (Å²) in [5, 5.41) is 0. The van der Waals surface area contributed by atoms with E-state index in [9.17, 15) is 9.59 Å². The molecule has 3 amide bonds. The van der Waals surface area contributed by atoms with E-state index in [0.29, 0.717) is 19.6 Å². The van der Waals surface area contributed by atoms with E-state index in [1.165, 1.54) is 0 Å². The minimum atomic E-state index is -0.0425. The van der Waals surface area contributed by atoms with Crippen LogP contribution in [0.2, 0.25) is 0 Å². The van der Waals surface area contributed by atoms with E-state index < -0.39 is 0 Å². The van der Waals surface area contributed by atoms with Crippen LogP contribution in [0.1, 0.15) is 0 Å². The van der Waals surface area contributed by atoms with Gasteiger partial charge in [0, 0.05) is 45.3 Å². The van der Waals surface area contributed by atoms with Crippen LogP contribution >= 0.6 is 0 Å². The second-order valence-electron chi connectivity index (χ2n) is 5.73. The van der Waals surface area contributed by atoms with Crippen LogP contribution in [0.15, 0.2) is 30.3 Å². The van der Waals surface area contributed by atoms with Gasteiger partial charge in [0.25, 0.3) is 0 Å². The molecule has 1 aromatic carbocycles. The van der Waals surface area contributed by atoms with E-state index in [1.807, 2.05) is 35.2 Å². The Morgan fingerprint density at radius 2 is 1.85 bits per heavy atom. The molecule has 5 heteroatoms. The average molecular weight is 273 g/mol. The van der Waals surface area contributed by atoms with Crippen LogP contribution in [0.25, 0.3) is 0 Å². The quantitative estimate of drug-likeness (QED) is 0.773. The summed E-state index contributed by atoms with van der Waals surface area (Å²) >= 11 is 0. The van der Waals surface area contributed by atoms with Crippen LogP contribution in [0.5, 0.6) is 0 Å². The highest BCUT2D eigenvalue weighted by atomic mass is 16.2. The summed E-state index contributed by atoms with van der Waals surface area (Å²) in [4.78, 5) is 29.7. The van der Waals surface area contributed by atoms with Gasteiger partial charge in [-0.2, -0.15) is 0 Å². The van der Waals surface area contributed by atoms with Gasteiger partial charge in [0.15, 0.2) is 0 Å². The number of fused-ring (bicyclic) bond motifs is 1. The number of amides is 3. The maximum Gasteiger partial charge on any atom is 0.319 e. The number of para-hydroxylation sites is 1. The van der Waals surface area contributed by atoms with Crippen LogP contribution in [0, 0.1) is 11.8 Å². The lowest BCUT2D eigenvalue weighted by Crippen LogP contribution is -2.40. The first kappa shape index (κ1) is 13.0. The number of hydrogen-bond acceptors (Lipinski definition) is 2. The Kier molecular flexibility index (Phi) is 3.12. The van der Waals surface area contributed by atoms with Gasteiger partial charge in [-0.15, -0.1) is 0 Å². The van der Waals surface area contributed by atoms with Crippen molar-refractivity contribution in [3.8, 4) is 0 Å². The minimum Gasteiger partial charge on any atom is -0.331 e. The molecule has 5 nitrogen and oxygen atoms in total. The molecule has 3 rings (SSSR count). The van der Waals surface area contributed by atoms with E-state index in [1.54, 1.807) is 23.9 Å². The Morgan fingerprint density at radius 1 is 1.15 bits per heavy atom. The molecule has 2 aliphatic heterocycles. The van der Waals surface area contributed by atoms with E-state index >= 15 is 0 Å². The molecule has 2 fully saturated rings. The number of likely N-dealkylation sites (tertiary alicyclic amines) is 1. The number of urea groups is 1. The third-order valence-corrected chi connectivity index (χ3v) is 4.16. The topological polar surface area (TPSA) is 43.9 Å². The van der Waals surface area contributed by atoms with E-state index in [2.05, 4.69) is 0 Å². The van der Waals surface area contributed by atoms with Crippen LogP contribution in [-0.2, 0) is 4.79 Å². The zero-order valence-electron chi connectivity index (χ0n) is 11.8. The summed E-state index contributed by atoms with van der Waals surface area (Å²) in [6.45, 7) is 1.94. The first-order valence-corrected chi connectivity index (χ1v) is 6.90. The van der Waals surface area contributed by atoms with Crippen LogP contribution in [0.4, 0.5) is 10.5 Å². The first-order valence-electron chi connectivity index (χ1n) is 6.90.